The lowest BCUT2D eigenvalue weighted by Crippen LogP contribution is -2.23. The van der Waals surface area contributed by atoms with Crippen molar-refractivity contribution in [2.75, 3.05) is 0 Å². The van der Waals surface area contributed by atoms with E-state index in [1.54, 1.807) is 0 Å². The molecule has 16 heavy (non-hydrogen) atoms. The topological polar surface area (TPSA) is 35.2 Å². The molecule has 0 spiro atoms. The molecule has 0 aliphatic carbocycles. The molecule has 1 rings (SSSR count). The largest absolute Gasteiger partial charge is 0.573 e. The van der Waals surface area contributed by atoms with E-state index in [0.717, 1.165) is 12.1 Å². The van der Waals surface area contributed by atoms with Crippen LogP contribution in [0, 0.1) is 0 Å². The highest BCUT2D eigenvalue weighted by molar-refractivity contribution is 5.36. The number of hydrogen-bond donors (Lipinski definition) is 1. The smallest absolute Gasteiger partial charge is 0.405 e. The Bertz CT molecular complexity index is 352. The average molecular weight is 241 g/mol. The maximum atomic E-state index is 12.3. The predicted octanol–water partition coefficient (Wildman–Crippen LogP) is 2.85. The molecule has 0 saturated heterocycles. The molecule has 0 aliphatic heterocycles. The van der Waals surface area contributed by atoms with E-state index in [0.29, 0.717) is 0 Å². The monoisotopic (exact) mass is 241 g/mol. The number of rotatable bonds is 3. The molecule has 0 aromatic heterocycles. The summed E-state index contributed by atoms with van der Waals surface area (Å²) in [7, 11) is 0. The van der Waals surface area contributed by atoms with E-state index in [2.05, 4.69) is 4.74 Å². The van der Waals surface area contributed by atoms with Gasteiger partial charge in [-0.25, -0.2) is 8.78 Å². The minimum atomic E-state index is -4.93. The molecule has 0 aliphatic rings. The van der Waals surface area contributed by atoms with Crippen molar-refractivity contribution in [3.05, 3.63) is 29.8 Å². The van der Waals surface area contributed by atoms with Crippen LogP contribution in [0.1, 0.15) is 11.6 Å². The van der Waals surface area contributed by atoms with Gasteiger partial charge in [0.15, 0.2) is 0 Å². The quantitative estimate of drug-likeness (QED) is 0.826. The van der Waals surface area contributed by atoms with Crippen LogP contribution in [-0.2, 0) is 0 Å². The van der Waals surface area contributed by atoms with Crippen molar-refractivity contribution in [3.8, 4) is 5.75 Å². The number of benzene rings is 1. The van der Waals surface area contributed by atoms with Crippen molar-refractivity contribution in [1.82, 2.24) is 0 Å². The number of nitrogens with two attached hydrogens (primary N) is 1. The lowest BCUT2D eigenvalue weighted by molar-refractivity contribution is -0.275. The first-order valence-electron chi connectivity index (χ1n) is 4.19. The maximum absolute atomic E-state index is 12.3. The summed E-state index contributed by atoms with van der Waals surface area (Å²) in [6, 6.07) is 2.74. The van der Waals surface area contributed by atoms with E-state index in [1.165, 1.54) is 12.1 Å². The lowest BCUT2D eigenvalue weighted by Gasteiger charge is -2.17. The summed E-state index contributed by atoms with van der Waals surface area (Å²) in [5.74, 6) is -0.706. The summed E-state index contributed by atoms with van der Waals surface area (Å²) < 4.78 is 63.9. The number of alkyl halides is 5. The minimum Gasteiger partial charge on any atom is -0.405 e. The normalized spacial score (nSPS) is 13.9. The van der Waals surface area contributed by atoms with E-state index in [-0.39, 0.29) is 5.56 Å². The zero-order chi connectivity index (χ0) is 12.3. The molecule has 2 nitrogen and oxygen atoms in total. The zero-order valence-electron chi connectivity index (χ0n) is 7.84. The second-order valence-electron chi connectivity index (χ2n) is 2.95. The van der Waals surface area contributed by atoms with Gasteiger partial charge in [-0.3, -0.25) is 0 Å². The van der Waals surface area contributed by atoms with Gasteiger partial charge in [0.25, 0.3) is 6.43 Å². The molecule has 0 unspecified atom stereocenters. The first-order valence-corrected chi connectivity index (χ1v) is 4.19. The fourth-order valence-corrected chi connectivity index (χ4v) is 1.11. The molecule has 0 bridgehead atoms. The third kappa shape index (κ3) is 3.34. The summed E-state index contributed by atoms with van der Waals surface area (Å²) in [6.45, 7) is 0. The molecule has 0 saturated carbocycles. The SMILES string of the molecule is N[C@@H](c1ccccc1OC(F)(F)F)C(F)F. The van der Waals surface area contributed by atoms with Gasteiger partial charge in [-0.2, -0.15) is 0 Å². The Kier molecular flexibility index (Phi) is 3.69. The van der Waals surface area contributed by atoms with E-state index in [9.17, 15) is 22.0 Å². The van der Waals surface area contributed by atoms with E-state index < -0.39 is 24.6 Å². The van der Waals surface area contributed by atoms with Crippen molar-refractivity contribution < 1.29 is 26.7 Å². The molecule has 0 fully saturated rings. The van der Waals surface area contributed by atoms with Crippen LogP contribution in [0.5, 0.6) is 5.75 Å². The maximum Gasteiger partial charge on any atom is 0.573 e. The fourth-order valence-electron chi connectivity index (χ4n) is 1.11. The Hall–Kier alpha value is -1.37. The Morgan fingerprint density at radius 3 is 2.19 bits per heavy atom. The van der Waals surface area contributed by atoms with Crippen LogP contribution < -0.4 is 10.5 Å². The van der Waals surface area contributed by atoms with Crippen molar-refractivity contribution in [1.29, 1.82) is 0 Å². The molecule has 0 heterocycles. The molecule has 0 radical (unpaired) electrons. The van der Waals surface area contributed by atoms with Crippen molar-refractivity contribution in [2.45, 2.75) is 18.8 Å². The molecular weight excluding hydrogens is 233 g/mol. The lowest BCUT2D eigenvalue weighted by atomic mass is 10.1. The van der Waals surface area contributed by atoms with Gasteiger partial charge in [0.1, 0.15) is 5.75 Å². The van der Waals surface area contributed by atoms with Crippen LogP contribution in [0.15, 0.2) is 24.3 Å². The van der Waals surface area contributed by atoms with Gasteiger partial charge in [-0.15, -0.1) is 13.2 Å². The molecule has 1 aromatic carbocycles. The average Bonchev–Trinajstić information content (AvgIpc) is 2.15. The van der Waals surface area contributed by atoms with Gasteiger partial charge >= 0.3 is 6.36 Å². The minimum absolute atomic E-state index is 0.380. The van der Waals surface area contributed by atoms with Crippen LogP contribution >= 0.6 is 0 Å². The molecule has 7 heteroatoms. The first kappa shape index (κ1) is 12.7. The molecule has 1 aromatic rings. The molecule has 2 N–H and O–H groups in total. The third-order valence-corrected chi connectivity index (χ3v) is 1.78. The number of para-hydroxylation sites is 1. The van der Waals surface area contributed by atoms with E-state index >= 15 is 0 Å². The third-order valence-electron chi connectivity index (χ3n) is 1.78. The van der Waals surface area contributed by atoms with Gasteiger partial charge in [0.2, 0.25) is 0 Å². The van der Waals surface area contributed by atoms with Gasteiger partial charge in [-0.1, -0.05) is 18.2 Å². The summed E-state index contributed by atoms with van der Waals surface area (Å²) in [5, 5.41) is 0. The van der Waals surface area contributed by atoms with Gasteiger partial charge < -0.3 is 10.5 Å². The number of halogens is 5. The highest BCUT2D eigenvalue weighted by Crippen LogP contribution is 2.31. The Labute approximate surface area is 87.8 Å². The second kappa shape index (κ2) is 4.65. The molecule has 0 amide bonds. The zero-order valence-corrected chi connectivity index (χ0v) is 7.84. The fraction of sp³-hybridized carbons (Fsp3) is 0.333. The summed E-state index contributed by atoms with van der Waals surface area (Å²) in [6.07, 6.45) is -7.89. The molecule has 90 valence electrons. The Morgan fingerprint density at radius 1 is 1.12 bits per heavy atom. The number of ether oxygens (including phenoxy) is 1. The Morgan fingerprint density at radius 2 is 1.69 bits per heavy atom. The standard InChI is InChI=1S/C9H8F5NO/c10-8(11)7(15)5-3-1-2-4-6(5)16-9(12,13)14/h1-4,7-8H,15H2/t7-/m0/s1. The molecule has 1 atom stereocenters. The first-order chi connectivity index (χ1) is 7.31. The van der Waals surface area contributed by atoms with Crippen molar-refractivity contribution in [2.24, 2.45) is 5.73 Å². The van der Waals surface area contributed by atoms with E-state index in [4.69, 9.17) is 5.73 Å². The highest BCUT2D eigenvalue weighted by Gasteiger charge is 2.33. The second-order valence-corrected chi connectivity index (χ2v) is 2.95. The van der Waals surface area contributed by atoms with Crippen LogP contribution in [0.3, 0.4) is 0 Å². The van der Waals surface area contributed by atoms with E-state index in [1.807, 2.05) is 0 Å². The summed E-state index contributed by atoms with van der Waals surface area (Å²) in [5.41, 5.74) is 4.68. The van der Waals surface area contributed by atoms with Crippen LogP contribution in [0.4, 0.5) is 22.0 Å². The highest BCUT2D eigenvalue weighted by atomic mass is 19.4. The van der Waals surface area contributed by atoms with Gasteiger partial charge in [-0.05, 0) is 6.07 Å². The van der Waals surface area contributed by atoms with Gasteiger partial charge in [0, 0.05) is 5.56 Å². The van der Waals surface area contributed by atoms with Crippen molar-refractivity contribution >= 4 is 0 Å². The Balaban J connectivity index is 3.01. The van der Waals surface area contributed by atoms with Crippen LogP contribution in [0.25, 0.3) is 0 Å². The summed E-state index contributed by atoms with van der Waals surface area (Å²) >= 11 is 0. The van der Waals surface area contributed by atoms with Crippen LogP contribution in [0.2, 0.25) is 0 Å². The number of hydrogen-bond acceptors (Lipinski definition) is 2. The summed E-state index contributed by atoms with van der Waals surface area (Å²) in [4.78, 5) is 0. The van der Waals surface area contributed by atoms with Gasteiger partial charge in [0.05, 0.1) is 6.04 Å². The van der Waals surface area contributed by atoms with Crippen LogP contribution in [-0.4, -0.2) is 12.8 Å². The predicted molar refractivity (Wildman–Crippen MR) is 46.1 cm³/mol. The van der Waals surface area contributed by atoms with Crippen molar-refractivity contribution in [3.63, 3.8) is 0 Å². The molecular formula is C9H8F5NO.